The molecule has 1 fully saturated rings. The maximum atomic E-state index is 14.2. The molecule has 2 N–H and O–H groups in total. The summed E-state index contributed by atoms with van der Waals surface area (Å²) in [5.41, 5.74) is 2.41. The number of hydrogen-bond donors (Lipinski definition) is 2. The van der Waals surface area contributed by atoms with E-state index in [4.69, 9.17) is 14.2 Å². The van der Waals surface area contributed by atoms with Gasteiger partial charge in [0.15, 0.2) is 6.10 Å². The van der Waals surface area contributed by atoms with E-state index >= 15 is 0 Å². The van der Waals surface area contributed by atoms with E-state index in [1.165, 1.54) is 23.6 Å². The molecule has 2 aliphatic rings. The summed E-state index contributed by atoms with van der Waals surface area (Å²) in [6.45, 7) is 1.00. The van der Waals surface area contributed by atoms with Gasteiger partial charge in [0.25, 0.3) is 11.8 Å². The maximum Gasteiger partial charge on any atom is 0.356 e. The quantitative estimate of drug-likeness (QED) is 0.101. The molecule has 54 heavy (non-hydrogen) atoms. The Labute approximate surface area is 313 Å². The van der Waals surface area contributed by atoms with Gasteiger partial charge in [0.1, 0.15) is 23.7 Å². The highest BCUT2D eigenvalue weighted by Crippen LogP contribution is 2.42. The van der Waals surface area contributed by atoms with Crippen molar-refractivity contribution in [2.75, 3.05) is 12.4 Å². The van der Waals surface area contributed by atoms with Gasteiger partial charge >= 0.3 is 17.9 Å². The van der Waals surface area contributed by atoms with Gasteiger partial charge in [0.2, 0.25) is 12.0 Å². The van der Waals surface area contributed by atoms with Crippen LogP contribution in [0.15, 0.2) is 133 Å². The Morgan fingerprint density at radius 1 is 0.833 bits per heavy atom. The van der Waals surface area contributed by atoms with Gasteiger partial charge in [0, 0.05) is 35.3 Å². The van der Waals surface area contributed by atoms with Gasteiger partial charge < -0.3 is 24.6 Å². The number of aromatic nitrogens is 1. The smallest absolute Gasteiger partial charge is 0.356 e. The van der Waals surface area contributed by atoms with Crippen molar-refractivity contribution in [3.05, 3.63) is 155 Å². The van der Waals surface area contributed by atoms with Gasteiger partial charge in [-0.15, -0.1) is 11.8 Å². The number of aromatic hydroxyl groups is 1. The fourth-order valence-corrected chi connectivity index (χ4v) is 7.68. The van der Waals surface area contributed by atoms with Crippen molar-refractivity contribution in [1.82, 2.24) is 15.2 Å². The number of thioether (sulfide) groups is 1. The Kier molecular flexibility index (Phi) is 10.4. The Hall–Kier alpha value is -6.47. The normalized spacial score (nSPS) is 16.9. The summed E-state index contributed by atoms with van der Waals surface area (Å²) in [5.74, 6) is -3.85. The van der Waals surface area contributed by atoms with E-state index in [9.17, 15) is 29.1 Å². The number of amides is 2. The van der Waals surface area contributed by atoms with E-state index in [1.807, 2.05) is 60.7 Å². The lowest BCUT2D eigenvalue weighted by Gasteiger charge is -2.50. The Morgan fingerprint density at radius 2 is 1.43 bits per heavy atom. The van der Waals surface area contributed by atoms with Crippen molar-refractivity contribution in [1.29, 1.82) is 0 Å². The summed E-state index contributed by atoms with van der Waals surface area (Å²) < 4.78 is 17.2. The van der Waals surface area contributed by atoms with Crippen LogP contribution in [0.4, 0.5) is 0 Å². The molecule has 3 atom stereocenters. The fraction of sp³-hybridized carbons (Fsp3) is 0.171. The van der Waals surface area contributed by atoms with Gasteiger partial charge in [-0.05, 0) is 17.2 Å². The van der Waals surface area contributed by atoms with Gasteiger partial charge in [-0.25, -0.2) is 14.6 Å². The highest BCUT2D eigenvalue weighted by atomic mass is 32.2. The van der Waals surface area contributed by atoms with E-state index in [0.717, 1.165) is 6.07 Å². The standard InChI is InChI=1S/C41H33N3O9S/c1-24(45)51-22-28-23-54-39-33(38(48)44(39)34(28)41(50)52-35(25-13-5-2-6-14-25)26-15-7-3-8-16-26)43-37(47)36(27-17-9-4-10-18-27)53-40(49)30-21-32(46)42-31-20-12-11-19-29(30)31/h2-21,33,35-36,39H,22-23H2,1H3,(H,42,46)(H,43,47)/t33-,36?,39+/m0/s1. The van der Waals surface area contributed by atoms with Gasteiger partial charge in [-0.2, -0.15) is 0 Å². The van der Waals surface area contributed by atoms with Crippen LogP contribution in [-0.2, 0) is 33.4 Å². The highest BCUT2D eigenvalue weighted by Gasteiger charge is 2.55. The number of benzene rings is 4. The van der Waals surface area contributed by atoms with Crippen LogP contribution in [0.1, 0.15) is 46.2 Å². The minimum Gasteiger partial charge on any atom is -0.493 e. The van der Waals surface area contributed by atoms with Crippen molar-refractivity contribution in [3.8, 4) is 5.88 Å². The van der Waals surface area contributed by atoms with Crippen molar-refractivity contribution in [2.45, 2.75) is 30.5 Å². The molecule has 272 valence electrons. The average Bonchev–Trinajstić information content (AvgIpc) is 3.20. The molecule has 3 heterocycles. The number of carbonyl (C=O) groups excluding carboxylic acids is 5. The predicted molar refractivity (Wildman–Crippen MR) is 198 cm³/mol. The first-order valence-corrected chi connectivity index (χ1v) is 18.0. The van der Waals surface area contributed by atoms with Crippen LogP contribution < -0.4 is 5.32 Å². The average molecular weight is 744 g/mol. The number of rotatable bonds is 11. The van der Waals surface area contributed by atoms with Crippen LogP contribution in [0.2, 0.25) is 0 Å². The lowest BCUT2D eigenvalue weighted by molar-refractivity contribution is -0.155. The number of carbonyl (C=O) groups is 5. The van der Waals surface area contributed by atoms with Crippen LogP contribution in [0, 0.1) is 0 Å². The second kappa shape index (κ2) is 15.6. The minimum atomic E-state index is -1.49. The highest BCUT2D eigenvalue weighted by molar-refractivity contribution is 8.00. The minimum absolute atomic E-state index is 0.00141. The van der Waals surface area contributed by atoms with E-state index < -0.39 is 59.2 Å². The molecule has 0 saturated carbocycles. The summed E-state index contributed by atoms with van der Waals surface area (Å²) in [6.07, 6.45) is -2.30. The lowest BCUT2D eigenvalue weighted by atomic mass is 10.00. The first-order chi connectivity index (χ1) is 26.2. The number of ether oxygens (including phenoxy) is 3. The van der Waals surface area contributed by atoms with Gasteiger partial charge in [-0.1, -0.05) is 109 Å². The first-order valence-electron chi connectivity index (χ1n) is 17.0. The first kappa shape index (κ1) is 35.9. The second-order valence-corrected chi connectivity index (χ2v) is 13.6. The maximum absolute atomic E-state index is 14.2. The van der Waals surface area contributed by atoms with E-state index in [1.54, 1.807) is 54.6 Å². The molecule has 7 rings (SSSR count). The molecular formula is C41H33N3O9S. The Balaban J connectivity index is 1.15. The number of fused-ring (bicyclic) bond motifs is 2. The summed E-state index contributed by atoms with van der Waals surface area (Å²) in [7, 11) is 0. The molecule has 1 saturated heterocycles. The summed E-state index contributed by atoms with van der Waals surface area (Å²) in [6, 6.07) is 33.4. The molecular weight excluding hydrogens is 711 g/mol. The Morgan fingerprint density at radius 3 is 2.06 bits per heavy atom. The lowest BCUT2D eigenvalue weighted by Crippen LogP contribution is -2.71. The van der Waals surface area contributed by atoms with Crippen molar-refractivity contribution in [2.24, 2.45) is 0 Å². The predicted octanol–water partition coefficient (Wildman–Crippen LogP) is 5.39. The second-order valence-electron chi connectivity index (χ2n) is 12.5. The third kappa shape index (κ3) is 7.39. The van der Waals surface area contributed by atoms with Gasteiger partial charge in [0.05, 0.1) is 11.1 Å². The fourth-order valence-electron chi connectivity index (χ4n) is 6.35. The molecule has 13 heteroatoms. The zero-order valence-electron chi connectivity index (χ0n) is 28.8. The molecule has 2 amide bonds. The number of para-hydroxylation sites is 1. The molecule has 4 aromatic carbocycles. The number of esters is 3. The molecule has 0 bridgehead atoms. The molecule has 0 radical (unpaired) electrons. The number of hydrogen-bond acceptors (Lipinski definition) is 11. The molecule has 0 spiro atoms. The van der Waals surface area contributed by atoms with E-state index in [2.05, 4.69) is 10.3 Å². The number of pyridine rings is 1. The molecule has 2 aliphatic heterocycles. The Bertz CT molecular complexity index is 2230. The summed E-state index contributed by atoms with van der Waals surface area (Å²) in [4.78, 5) is 72.8. The van der Waals surface area contributed by atoms with Crippen molar-refractivity contribution in [3.63, 3.8) is 0 Å². The zero-order chi connectivity index (χ0) is 37.8. The van der Waals surface area contributed by atoms with Crippen LogP contribution in [0.3, 0.4) is 0 Å². The molecule has 12 nitrogen and oxygen atoms in total. The molecule has 1 aromatic heterocycles. The van der Waals surface area contributed by atoms with E-state index in [-0.39, 0.29) is 23.6 Å². The number of nitrogens with zero attached hydrogens (tertiary/aromatic N) is 2. The molecule has 5 aromatic rings. The van der Waals surface area contributed by atoms with Crippen molar-refractivity contribution >= 4 is 52.4 Å². The van der Waals surface area contributed by atoms with E-state index in [0.29, 0.717) is 33.2 Å². The number of nitrogens with one attached hydrogen (secondary N) is 1. The summed E-state index contributed by atoms with van der Waals surface area (Å²) in [5, 5.41) is 12.6. The molecule has 0 aliphatic carbocycles. The number of β-lactam (4-membered cyclic amide) rings is 1. The monoisotopic (exact) mass is 743 g/mol. The van der Waals surface area contributed by atoms with Gasteiger partial charge in [-0.3, -0.25) is 19.3 Å². The van der Waals surface area contributed by atoms with Crippen LogP contribution in [0.5, 0.6) is 5.88 Å². The van der Waals surface area contributed by atoms with Crippen LogP contribution >= 0.6 is 11.8 Å². The van der Waals surface area contributed by atoms with Crippen LogP contribution in [0.25, 0.3) is 10.9 Å². The van der Waals surface area contributed by atoms with Crippen LogP contribution in [-0.4, -0.2) is 68.5 Å². The molecule has 1 unspecified atom stereocenters. The third-order valence-electron chi connectivity index (χ3n) is 8.91. The largest absolute Gasteiger partial charge is 0.493 e. The SMILES string of the molecule is CC(=O)OCC1=C(C(=O)OC(c2ccccc2)c2ccccc2)N2C(=O)[C@H](NC(=O)C(OC(=O)c3cc(O)nc4ccccc34)c3ccccc3)[C@H]2SC1. The zero-order valence-corrected chi connectivity index (χ0v) is 29.6. The van der Waals surface area contributed by atoms with Crippen molar-refractivity contribution < 1.29 is 43.3 Å². The summed E-state index contributed by atoms with van der Waals surface area (Å²) >= 11 is 1.27. The third-order valence-corrected chi connectivity index (χ3v) is 10.2. The topological polar surface area (TPSA) is 161 Å².